The molecule has 0 N–H and O–H groups in total. The molecule has 0 aromatic rings. The van der Waals surface area contributed by atoms with E-state index in [2.05, 4.69) is 0 Å². The van der Waals surface area contributed by atoms with Gasteiger partial charge in [0, 0.05) is 0 Å². The first-order chi connectivity index (χ1) is 6.45. The van der Waals surface area contributed by atoms with Crippen LogP contribution < -0.4 is 24.8 Å². The largest absolute Gasteiger partial charge is 1.00 e. The fourth-order valence-corrected chi connectivity index (χ4v) is 9.01. The van der Waals surface area contributed by atoms with Crippen molar-refractivity contribution in [2.75, 3.05) is 0 Å². The van der Waals surface area contributed by atoms with E-state index < -0.39 is 0 Å². The van der Waals surface area contributed by atoms with Gasteiger partial charge in [0.25, 0.3) is 0 Å². The number of hydrogen-bond acceptors (Lipinski definition) is 0. The molecule has 0 amide bonds. The molecule has 2 rings (SSSR count). The van der Waals surface area contributed by atoms with Crippen molar-refractivity contribution in [3.05, 3.63) is 0 Å². The predicted molar refractivity (Wildman–Crippen MR) is 59.4 cm³/mol. The molecule has 2 fully saturated rings. The van der Waals surface area contributed by atoms with Crippen molar-refractivity contribution in [2.45, 2.75) is 72.1 Å². The molecule has 0 saturated heterocycles. The van der Waals surface area contributed by atoms with Gasteiger partial charge in [0.1, 0.15) is 0 Å². The molecule has 2 aliphatic rings. The molecule has 2 aliphatic carbocycles. The van der Waals surface area contributed by atoms with Gasteiger partial charge in [0.05, 0.1) is 0 Å². The second-order valence-electron chi connectivity index (χ2n) is 4.84. The van der Waals surface area contributed by atoms with Crippen molar-refractivity contribution in [1.29, 1.82) is 0 Å². The van der Waals surface area contributed by atoms with Gasteiger partial charge in [0.15, 0.2) is 0 Å². The van der Waals surface area contributed by atoms with Crippen LogP contribution in [0.3, 0.4) is 0 Å². The first-order valence-corrected chi connectivity index (χ1v) is 9.51. The summed E-state index contributed by atoms with van der Waals surface area (Å²) in [5.74, 6) is 0. The Kier molecular flexibility index (Phi) is 10.3. The molecule has 15 heavy (non-hydrogen) atoms. The van der Waals surface area contributed by atoms with E-state index in [0.717, 1.165) is 0 Å². The third kappa shape index (κ3) is 6.02. The first-order valence-electron chi connectivity index (χ1n) is 6.21. The second-order valence-corrected chi connectivity index (χ2v) is 10.4. The number of hydrogen-bond donors (Lipinski definition) is 0. The molecule has 3 heteroatoms. The maximum absolute atomic E-state index is 1.63. The van der Waals surface area contributed by atoms with Crippen molar-refractivity contribution in [1.82, 2.24) is 0 Å². The van der Waals surface area contributed by atoms with Gasteiger partial charge >= 0.3 is 93.2 Å². The van der Waals surface area contributed by atoms with Crippen LogP contribution in [0.15, 0.2) is 0 Å². The average Bonchev–Trinajstić information content (AvgIpc) is 2.21. The summed E-state index contributed by atoms with van der Waals surface area (Å²) < 4.78 is 2.58. The standard InChI is InChI=1S/2C6H11.2ClH.Sn/c2*1-2-4-6-5-3-1;;;/h2*1H,2-6H2;2*1H;/q;;;;+2/p-2. The van der Waals surface area contributed by atoms with E-state index >= 15 is 0 Å². The van der Waals surface area contributed by atoms with E-state index in [4.69, 9.17) is 0 Å². The minimum atomic E-state index is 0. The minimum absolute atomic E-state index is 0. The van der Waals surface area contributed by atoms with Crippen LogP contribution in [0.2, 0.25) is 7.87 Å². The Morgan fingerprint density at radius 3 is 1.20 bits per heavy atom. The Bertz CT molecular complexity index is 125. The Hall–Kier alpha value is 1.38. The van der Waals surface area contributed by atoms with Gasteiger partial charge in [-0.15, -0.1) is 0 Å². The molecule has 0 aliphatic heterocycles. The number of rotatable bonds is 2. The van der Waals surface area contributed by atoms with Gasteiger partial charge < -0.3 is 24.8 Å². The van der Waals surface area contributed by atoms with Gasteiger partial charge in [-0.05, 0) is 0 Å². The molecular weight excluding hydrogens is 334 g/mol. The van der Waals surface area contributed by atoms with Crippen LogP contribution in [-0.2, 0) is 0 Å². The van der Waals surface area contributed by atoms with Gasteiger partial charge in [0.2, 0.25) is 0 Å². The van der Waals surface area contributed by atoms with Crippen molar-refractivity contribution < 1.29 is 24.8 Å². The monoisotopic (exact) mass is 356 g/mol. The summed E-state index contributed by atoms with van der Waals surface area (Å²) in [5, 5.41) is 0. The fourth-order valence-electron chi connectivity index (χ4n) is 2.87. The second kappa shape index (κ2) is 9.41. The normalized spacial score (nSPS) is 23.5. The first kappa shape index (κ1) is 16.4. The molecule has 2 saturated carbocycles. The van der Waals surface area contributed by atoms with Crippen LogP contribution in [0.25, 0.3) is 0 Å². The topological polar surface area (TPSA) is 0 Å². The summed E-state index contributed by atoms with van der Waals surface area (Å²) in [5.41, 5.74) is 0. The zero-order valence-corrected chi connectivity index (χ0v) is 13.8. The van der Waals surface area contributed by atoms with Crippen LogP contribution in [0.4, 0.5) is 0 Å². The molecule has 0 aromatic carbocycles. The van der Waals surface area contributed by atoms with Crippen molar-refractivity contribution in [3.8, 4) is 0 Å². The summed E-state index contributed by atoms with van der Waals surface area (Å²) in [6.45, 7) is 0. The van der Waals surface area contributed by atoms with Gasteiger partial charge in [-0.1, -0.05) is 0 Å². The number of halogens is 2. The fraction of sp³-hybridized carbons (Fsp3) is 1.00. The summed E-state index contributed by atoms with van der Waals surface area (Å²) in [6, 6.07) is 0. The Labute approximate surface area is 117 Å². The zero-order chi connectivity index (χ0) is 8.93. The van der Waals surface area contributed by atoms with E-state index in [9.17, 15) is 0 Å². The van der Waals surface area contributed by atoms with E-state index in [-0.39, 0.29) is 46.0 Å². The smallest absolute Gasteiger partial charge is 1.00 e. The van der Waals surface area contributed by atoms with Crippen LogP contribution in [-0.4, -0.2) is 21.1 Å². The van der Waals surface area contributed by atoms with Crippen molar-refractivity contribution in [3.63, 3.8) is 0 Å². The van der Waals surface area contributed by atoms with Crippen LogP contribution >= 0.6 is 0 Å². The van der Waals surface area contributed by atoms with E-state index in [1.807, 2.05) is 0 Å². The Balaban J connectivity index is 0.000000980. The molecule has 0 unspecified atom stereocenters. The Morgan fingerprint density at radius 1 is 0.533 bits per heavy atom. The van der Waals surface area contributed by atoms with E-state index in [0.29, 0.717) is 0 Å². The molecule has 0 bridgehead atoms. The summed E-state index contributed by atoms with van der Waals surface area (Å²) in [7, 11) is 0. The predicted octanol–water partition coefficient (Wildman–Crippen LogP) is -1.80. The van der Waals surface area contributed by atoms with Crippen LogP contribution in [0.5, 0.6) is 0 Å². The third-order valence-electron chi connectivity index (χ3n) is 3.68. The average molecular weight is 356 g/mol. The van der Waals surface area contributed by atoms with E-state index in [1.165, 1.54) is 7.87 Å². The minimum Gasteiger partial charge on any atom is -1.00 e. The van der Waals surface area contributed by atoms with Crippen LogP contribution in [0, 0.1) is 0 Å². The molecule has 0 aromatic heterocycles. The maximum Gasteiger partial charge on any atom is -1.00 e. The summed E-state index contributed by atoms with van der Waals surface area (Å²) in [6.07, 6.45) is 15.9. The van der Waals surface area contributed by atoms with Gasteiger partial charge in [-0.2, -0.15) is 0 Å². The molecule has 0 atom stereocenters. The Morgan fingerprint density at radius 2 is 0.867 bits per heavy atom. The molecule has 0 heterocycles. The molecule has 0 nitrogen and oxygen atoms in total. The third-order valence-corrected chi connectivity index (χ3v) is 9.67. The quantitative estimate of drug-likeness (QED) is 0.513. The summed E-state index contributed by atoms with van der Waals surface area (Å²) >= 11 is 0.0367. The van der Waals surface area contributed by atoms with Gasteiger partial charge in [-0.3, -0.25) is 0 Å². The molecule has 0 spiro atoms. The van der Waals surface area contributed by atoms with Crippen molar-refractivity contribution in [2.24, 2.45) is 0 Å². The van der Waals surface area contributed by atoms with E-state index in [1.54, 1.807) is 64.2 Å². The van der Waals surface area contributed by atoms with Crippen LogP contribution in [0.1, 0.15) is 64.2 Å². The SMILES string of the molecule is C1CC[CH]([Sn+2][CH]2CCCCC2)CC1.[Cl-].[Cl-]. The summed E-state index contributed by atoms with van der Waals surface area (Å²) in [4.78, 5) is 0. The van der Waals surface area contributed by atoms with Crippen molar-refractivity contribution >= 4 is 21.1 Å². The zero-order valence-electron chi connectivity index (χ0n) is 9.48. The van der Waals surface area contributed by atoms with Gasteiger partial charge in [-0.25, -0.2) is 0 Å². The maximum atomic E-state index is 1.63. The molecular formula is C12H22Cl2Sn. The molecule has 88 valence electrons. The molecule has 0 radical (unpaired) electrons.